The molecule has 0 radical (unpaired) electrons. The summed E-state index contributed by atoms with van der Waals surface area (Å²) in [4.78, 5) is 0.765. The molecular weight excluding hydrogens is 269 g/mol. The highest BCUT2D eigenvalue weighted by Crippen LogP contribution is 2.62. The molecular formula is C17H24FNS. The molecule has 0 aromatic heterocycles. The van der Waals surface area contributed by atoms with E-state index < -0.39 is 0 Å². The van der Waals surface area contributed by atoms with Crippen molar-refractivity contribution in [1.82, 2.24) is 0 Å². The Morgan fingerprint density at radius 3 is 2.30 bits per heavy atom. The number of nitrogens with two attached hydrogens (primary N) is 1. The van der Waals surface area contributed by atoms with Gasteiger partial charge in [-0.3, -0.25) is 0 Å². The molecule has 0 atom stereocenters. The number of hydrogen-bond donors (Lipinski definition) is 1. The molecule has 0 heterocycles. The molecule has 2 aliphatic carbocycles. The van der Waals surface area contributed by atoms with E-state index in [4.69, 9.17) is 5.73 Å². The monoisotopic (exact) mass is 293 g/mol. The van der Waals surface area contributed by atoms with Crippen molar-refractivity contribution in [3.05, 3.63) is 30.1 Å². The van der Waals surface area contributed by atoms with Crippen molar-refractivity contribution in [2.45, 2.75) is 61.0 Å². The molecule has 1 aromatic carbocycles. The van der Waals surface area contributed by atoms with Gasteiger partial charge in [-0.1, -0.05) is 37.8 Å². The van der Waals surface area contributed by atoms with E-state index in [9.17, 15) is 4.39 Å². The average Bonchev–Trinajstić information content (AvgIpc) is 2.66. The van der Waals surface area contributed by atoms with Crippen molar-refractivity contribution in [2.24, 2.45) is 11.1 Å². The minimum atomic E-state index is -0.104. The van der Waals surface area contributed by atoms with Gasteiger partial charge in [0.2, 0.25) is 0 Å². The van der Waals surface area contributed by atoms with Crippen molar-refractivity contribution < 1.29 is 4.39 Å². The summed E-state index contributed by atoms with van der Waals surface area (Å²) in [5.74, 6) is -0.104. The Balaban J connectivity index is 1.70. The fraction of sp³-hybridized carbons (Fsp3) is 0.647. The molecule has 1 nitrogen and oxygen atoms in total. The van der Waals surface area contributed by atoms with E-state index in [2.05, 4.69) is 0 Å². The Kier molecular flexibility index (Phi) is 4.09. The Morgan fingerprint density at radius 2 is 1.70 bits per heavy atom. The zero-order chi connectivity index (χ0) is 14.1. The summed E-state index contributed by atoms with van der Waals surface area (Å²) in [6.07, 6.45) is 10.6. The maximum absolute atomic E-state index is 13.9. The molecule has 2 N–H and O–H groups in total. The summed E-state index contributed by atoms with van der Waals surface area (Å²) in [6, 6.07) is 7.10. The highest BCUT2D eigenvalue weighted by Gasteiger charge is 2.53. The molecule has 3 heteroatoms. The lowest BCUT2D eigenvalue weighted by Crippen LogP contribution is -2.53. The van der Waals surface area contributed by atoms with Crippen LogP contribution in [0.15, 0.2) is 29.2 Å². The van der Waals surface area contributed by atoms with Crippen molar-refractivity contribution in [1.29, 1.82) is 0 Å². The van der Waals surface area contributed by atoms with Crippen LogP contribution in [0.2, 0.25) is 0 Å². The first kappa shape index (κ1) is 14.4. The van der Waals surface area contributed by atoms with Gasteiger partial charge in [0.25, 0.3) is 0 Å². The molecule has 0 aliphatic heterocycles. The number of benzene rings is 1. The van der Waals surface area contributed by atoms with E-state index in [1.54, 1.807) is 23.9 Å². The largest absolute Gasteiger partial charge is 0.329 e. The molecule has 0 amide bonds. The molecule has 2 fully saturated rings. The van der Waals surface area contributed by atoms with Gasteiger partial charge in [0.15, 0.2) is 0 Å². The quantitative estimate of drug-likeness (QED) is 0.870. The first-order valence-electron chi connectivity index (χ1n) is 7.81. The van der Waals surface area contributed by atoms with E-state index in [1.165, 1.54) is 51.4 Å². The van der Waals surface area contributed by atoms with Crippen molar-refractivity contribution in [2.75, 3.05) is 6.54 Å². The standard InChI is InChI=1S/C17H24FNS/c18-14-7-3-4-8-15(14)20-17(13-19)11-16(12-17)9-5-1-2-6-10-16/h3-4,7-8H,1-2,5-6,9-13,19H2. The van der Waals surface area contributed by atoms with Crippen LogP contribution in [-0.2, 0) is 0 Å². The zero-order valence-electron chi connectivity index (χ0n) is 12.0. The van der Waals surface area contributed by atoms with Crippen LogP contribution in [0.1, 0.15) is 51.4 Å². The lowest BCUT2D eigenvalue weighted by Gasteiger charge is -2.56. The molecule has 1 spiro atoms. The highest BCUT2D eigenvalue weighted by molar-refractivity contribution is 8.00. The van der Waals surface area contributed by atoms with Crippen LogP contribution < -0.4 is 5.73 Å². The molecule has 1 aromatic rings. The minimum Gasteiger partial charge on any atom is -0.329 e. The number of thioether (sulfide) groups is 1. The summed E-state index contributed by atoms with van der Waals surface area (Å²) in [5, 5.41) is 0. The van der Waals surface area contributed by atoms with Crippen LogP contribution in [0.5, 0.6) is 0 Å². The number of halogens is 1. The van der Waals surface area contributed by atoms with E-state index in [0.717, 1.165) is 4.90 Å². The average molecular weight is 293 g/mol. The number of hydrogen-bond acceptors (Lipinski definition) is 2. The van der Waals surface area contributed by atoms with Crippen LogP contribution in [0.4, 0.5) is 4.39 Å². The second kappa shape index (κ2) is 5.69. The zero-order valence-corrected chi connectivity index (χ0v) is 12.9. The minimum absolute atomic E-state index is 0.0759. The molecule has 0 bridgehead atoms. The van der Waals surface area contributed by atoms with E-state index in [-0.39, 0.29) is 10.6 Å². The van der Waals surface area contributed by atoms with Crippen LogP contribution in [0, 0.1) is 11.2 Å². The second-order valence-electron chi connectivity index (χ2n) is 6.69. The molecule has 0 unspecified atom stereocenters. The molecule has 2 saturated carbocycles. The Hall–Kier alpha value is -0.540. The fourth-order valence-electron chi connectivity index (χ4n) is 4.17. The Morgan fingerprint density at radius 1 is 1.05 bits per heavy atom. The smallest absolute Gasteiger partial charge is 0.136 e. The summed E-state index contributed by atoms with van der Waals surface area (Å²) in [7, 11) is 0. The Labute approximate surface area is 125 Å². The SMILES string of the molecule is NCC1(Sc2ccccc2F)CC2(CCCCCC2)C1. The summed E-state index contributed by atoms with van der Waals surface area (Å²) in [5.41, 5.74) is 6.57. The van der Waals surface area contributed by atoms with Gasteiger partial charge < -0.3 is 5.73 Å². The van der Waals surface area contributed by atoms with Crippen molar-refractivity contribution in [3.63, 3.8) is 0 Å². The van der Waals surface area contributed by atoms with Gasteiger partial charge in [-0.05, 0) is 43.2 Å². The van der Waals surface area contributed by atoms with Crippen LogP contribution in [0.25, 0.3) is 0 Å². The Bertz CT molecular complexity index is 458. The lowest BCUT2D eigenvalue weighted by atomic mass is 9.58. The molecule has 110 valence electrons. The van der Waals surface area contributed by atoms with Gasteiger partial charge in [-0.15, -0.1) is 11.8 Å². The highest BCUT2D eigenvalue weighted by atomic mass is 32.2. The van der Waals surface area contributed by atoms with Gasteiger partial charge in [-0.25, -0.2) is 4.39 Å². The van der Waals surface area contributed by atoms with Crippen LogP contribution >= 0.6 is 11.8 Å². The van der Waals surface area contributed by atoms with Gasteiger partial charge in [0, 0.05) is 16.2 Å². The predicted octanol–water partition coefficient (Wildman–Crippen LogP) is 4.75. The first-order chi connectivity index (χ1) is 9.67. The third-order valence-electron chi connectivity index (χ3n) is 5.09. The van der Waals surface area contributed by atoms with Crippen LogP contribution in [-0.4, -0.2) is 11.3 Å². The van der Waals surface area contributed by atoms with Gasteiger partial charge in [0.1, 0.15) is 5.82 Å². The summed E-state index contributed by atoms with van der Waals surface area (Å²) >= 11 is 1.68. The maximum atomic E-state index is 13.9. The molecule has 2 aliphatic rings. The normalized spacial score (nSPS) is 24.1. The van der Waals surface area contributed by atoms with Crippen molar-refractivity contribution in [3.8, 4) is 0 Å². The third-order valence-corrected chi connectivity index (χ3v) is 6.53. The van der Waals surface area contributed by atoms with Crippen molar-refractivity contribution >= 4 is 11.8 Å². The first-order valence-corrected chi connectivity index (χ1v) is 8.62. The van der Waals surface area contributed by atoms with Gasteiger partial charge in [0.05, 0.1) is 0 Å². The molecule has 0 saturated heterocycles. The fourth-order valence-corrected chi connectivity index (χ4v) is 5.78. The van der Waals surface area contributed by atoms with E-state index in [1.807, 2.05) is 12.1 Å². The van der Waals surface area contributed by atoms with Crippen LogP contribution in [0.3, 0.4) is 0 Å². The maximum Gasteiger partial charge on any atom is 0.136 e. The summed E-state index contributed by atoms with van der Waals surface area (Å²) < 4.78 is 13.9. The third kappa shape index (κ3) is 2.75. The lowest BCUT2D eigenvalue weighted by molar-refractivity contribution is 0.0658. The number of rotatable bonds is 3. The molecule has 3 rings (SSSR count). The van der Waals surface area contributed by atoms with Gasteiger partial charge >= 0.3 is 0 Å². The topological polar surface area (TPSA) is 26.0 Å². The van der Waals surface area contributed by atoms with E-state index >= 15 is 0 Å². The van der Waals surface area contributed by atoms with Gasteiger partial charge in [-0.2, -0.15) is 0 Å². The summed E-state index contributed by atoms with van der Waals surface area (Å²) in [6.45, 7) is 0.660. The van der Waals surface area contributed by atoms with E-state index in [0.29, 0.717) is 12.0 Å². The predicted molar refractivity (Wildman–Crippen MR) is 83.4 cm³/mol. The molecule has 20 heavy (non-hydrogen) atoms. The second-order valence-corrected chi connectivity index (χ2v) is 8.20.